The van der Waals surface area contributed by atoms with E-state index in [0.29, 0.717) is 0 Å². The van der Waals surface area contributed by atoms with Gasteiger partial charge < -0.3 is 9.47 Å². The van der Waals surface area contributed by atoms with E-state index in [2.05, 4.69) is 0 Å². The lowest BCUT2D eigenvalue weighted by Crippen LogP contribution is -2.22. The van der Waals surface area contributed by atoms with E-state index in [1.54, 1.807) is 13.2 Å². The van der Waals surface area contributed by atoms with E-state index in [0.717, 1.165) is 17.7 Å². The molecule has 1 rings (SSSR count). The van der Waals surface area contributed by atoms with Crippen LogP contribution in [0.15, 0.2) is 30.3 Å². The number of carbonyl (C=O) groups excluding carboxylic acids is 1. The van der Waals surface area contributed by atoms with Gasteiger partial charge in [0.1, 0.15) is 11.8 Å². The molecule has 0 aromatic heterocycles. The van der Waals surface area contributed by atoms with Crippen molar-refractivity contribution in [1.29, 1.82) is 5.26 Å². The summed E-state index contributed by atoms with van der Waals surface area (Å²) in [5, 5.41) is 8.95. The summed E-state index contributed by atoms with van der Waals surface area (Å²) in [5.74, 6) is 0.275. The summed E-state index contributed by atoms with van der Waals surface area (Å²) in [6.07, 6.45) is 3.06. The maximum atomic E-state index is 11.6. The van der Waals surface area contributed by atoms with Crippen LogP contribution < -0.4 is 4.74 Å². The van der Waals surface area contributed by atoms with E-state index in [-0.39, 0.29) is 5.92 Å². The van der Waals surface area contributed by atoms with E-state index in [1.165, 1.54) is 6.08 Å². The normalized spacial score (nSPS) is 13.5. The predicted octanol–water partition coefficient (Wildman–Crippen LogP) is 3.19. The van der Waals surface area contributed by atoms with Crippen molar-refractivity contribution in [2.75, 3.05) is 7.11 Å². The number of nitrogens with zero attached hydrogens (tertiary/aromatic N) is 1. The van der Waals surface area contributed by atoms with Gasteiger partial charge >= 0.3 is 5.97 Å². The largest absolute Gasteiger partial charge is 0.497 e. The van der Waals surface area contributed by atoms with Crippen molar-refractivity contribution < 1.29 is 14.3 Å². The third-order valence-electron chi connectivity index (χ3n) is 3.06. The van der Waals surface area contributed by atoms with Crippen molar-refractivity contribution in [3.63, 3.8) is 0 Å². The Hall–Kier alpha value is -2.28. The van der Waals surface area contributed by atoms with Gasteiger partial charge in [-0.25, -0.2) is 4.79 Å². The number of hydrogen-bond donors (Lipinski definition) is 0. The maximum absolute atomic E-state index is 11.6. The van der Waals surface area contributed by atoms with Crippen LogP contribution in [-0.2, 0) is 9.53 Å². The first-order valence-corrected chi connectivity index (χ1v) is 6.53. The highest BCUT2D eigenvalue weighted by Gasteiger charge is 2.18. The lowest BCUT2D eigenvalue weighted by atomic mass is 10.0. The molecule has 0 saturated heterocycles. The minimum atomic E-state index is -0.701. The summed E-state index contributed by atoms with van der Waals surface area (Å²) in [4.78, 5) is 11.6. The first-order valence-electron chi connectivity index (χ1n) is 6.53. The molecular formula is C16H19NO3. The highest BCUT2D eigenvalue weighted by Crippen LogP contribution is 2.13. The zero-order valence-electron chi connectivity index (χ0n) is 12.0. The smallest absolute Gasteiger partial charge is 0.332 e. The average molecular weight is 273 g/mol. The van der Waals surface area contributed by atoms with Gasteiger partial charge in [0.2, 0.25) is 0 Å². The Morgan fingerprint density at radius 3 is 2.55 bits per heavy atom. The van der Waals surface area contributed by atoms with Gasteiger partial charge in [0, 0.05) is 12.0 Å². The van der Waals surface area contributed by atoms with Crippen LogP contribution in [0.25, 0.3) is 6.08 Å². The minimum Gasteiger partial charge on any atom is -0.497 e. The van der Waals surface area contributed by atoms with Gasteiger partial charge in [0.25, 0.3) is 0 Å². The summed E-state index contributed by atoms with van der Waals surface area (Å²) in [6.45, 7) is 3.84. The standard InChI is InChI=1S/C16H19NO3/c1-4-12(2)15(11-17)20-16(18)10-7-13-5-8-14(19-3)9-6-13/h5-10,12,15H,4H2,1-3H3. The molecule has 0 amide bonds. The number of nitriles is 1. The number of carbonyl (C=O) groups is 1. The van der Waals surface area contributed by atoms with Crippen LogP contribution in [-0.4, -0.2) is 19.2 Å². The summed E-state index contributed by atoms with van der Waals surface area (Å²) in [5.41, 5.74) is 0.861. The Morgan fingerprint density at radius 1 is 1.40 bits per heavy atom. The van der Waals surface area contributed by atoms with E-state index in [4.69, 9.17) is 14.7 Å². The van der Waals surface area contributed by atoms with Gasteiger partial charge in [-0.1, -0.05) is 26.0 Å². The predicted molar refractivity (Wildman–Crippen MR) is 77.0 cm³/mol. The molecule has 0 fully saturated rings. The van der Waals surface area contributed by atoms with Crippen LogP contribution in [0, 0.1) is 17.2 Å². The van der Waals surface area contributed by atoms with Crippen molar-refractivity contribution >= 4 is 12.0 Å². The Kier molecular flexibility index (Phi) is 6.31. The van der Waals surface area contributed by atoms with Crippen molar-refractivity contribution in [3.05, 3.63) is 35.9 Å². The van der Waals surface area contributed by atoms with Gasteiger partial charge in [0.15, 0.2) is 6.10 Å². The Morgan fingerprint density at radius 2 is 2.05 bits per heavy atom. The number of rotatable bonds is 6. The number of hydrogen-bond acceptors (Lipinski definition) is 4. The van der Waals surface area contributed by atoms with E-state index in [9.17, 15) is 4.79 Å². The van der Waals surface area contributed by atoms with Gasteiger partial charge in [-0.3, -0.25) is 0 Å². The average Bonchev–Trinajstić information content (AvgIpc) is 2.50. The van der Waals surface area contributed by atoms with Crippen LogP contribution in [0.1, 0.15) is 25.8 Å². The molecule has 0 aliphatic heterocycles. The number of esters is 1. The van der Waals surface area contributed by atoms with Crippen LogP contribution in [0.5, 0.6) is 5.75 Å². The Balaban J connectivity index is 2.60. The van der Waals surface area contributed by atoms with Crippen LogP contribution in [0.4, 0.5) is 0 Å². The second kappa shape index (κ2) is 8.00. The molecule has 4 nitrogen and oxygen atoms in total. The fraction of sp³-hybridized carbons (Fsp3) is 0.375. The van der Waals surface area contributed by atoms with Crippen LogP contribution in [0.2, 0.25) is 0 Å². The van der Waals surface area contributed by atoms with Gasteiger partial charge in [-0.15, -0.1) is 0 Å². The molecule has 0 heterocycles. The molecule has 4 heteroatoms. The zero-order valence-corrected chi connectivity index (χ0v) is 12.0. The fourth-order valence-electron chi connectivity index (χ4n) is 1.53. The lowest BCUT2D eigenvalue weighted by Gasteiger charge is -2.15. The van der Waals surface area contributed by atoms with Crippen molar-refractivity contribution in [2.45, 2.75) is 26.4 Å². The molecule has 2 atom stereocenters. The molecule has 2 unspecified atom stereocenters. The molecule has 0 aliphatic carbocycles. The maximum Gasteiger partial charge on any atom is 0.332 e. The van der Waals surface area contributed by atoms with Crippen molar-refractivity contribution in [3.8, 4) is 11.8 Å². The molecule has 0 radical (unpaired) electrons. The molecule has 20 heavy (non-hydrogen) atoms. The third-order valence-corrected chi connectivity index (χ3v) is 3.06. The summed E-state index contributed by atoms with van der Waals surface area (Å²) in [7, 11) is 1.60. The summed E-state index contributed by atoms with van der Waals surface area (Å²) < 4.78 is 10.2. The summed E-state index contributed by atoms with van der Waals surface area (Å²) in [6, 6.07) is 9.28. The minimum absolute atomic E-state index is 0.0262. The van der Waals surface area contributed by atoms with Crippen LogP contribution in [0.3, 0.4) is 0 Å². The SMILES string of the molecule is CCC(C)C(C#N)OC(=O)C=Cc1ccc(OC)cc1. The quantitative estimate of drug-likeness (QED) is 0.590. The highest BCUT2D eigenvalue weighted by molar-refractivity contribution is 5.87. The molecule has 1 aromatic carbocycles. The molecule has 0 spiro atoms. The fourth-order valence-corrected chi connectivity index (χ4v) is 1.53. The van der Waals surface area contributed by atoms with Gasteiger partial charge in [-0.05, 0) is 30.2 Å². The molecule has 0 bridgehead atoms. The number of benzene rings is 1. The number of methoxy groups -OCH3 is 1. The van der Waals surface area contributed by atoms with E-state index in [1.807, 2.05) is 44.2 Å². The van der Waals surface area contributed by atoms with Crippen molar-refractivity contribution in [2.24, 2.45) is 5.92 Å². The summed E-state index contributed by atoms with van der Waals surface area (Å²) >= 11 is 0. The third kappa shape index (κ3) is 4.77. The van der Waals surface area contributed by atoms with Gasteiger partial charge in [-0.2, -0.15) is 5.26 Å². The van der Waals surface area contributed by atoms with Gasteiger partial charge in [0.05, 0.1) is 7.11 Å². The molecular weight excluding hydrogens is 254 g/mol. The molecule has 1 aromatic rings. The second-order valence-corrected chi connectivity index (χ2v) is 4.48. The highest BCUT2D eigenvalue weighted by atomic mass is 16.5. The van der Waals surface area contributed by atoms with E-state index < -0.39 is 12.1 Å². The lowest BCUT2D eigenvalue weighted by molar-refractivity contribution is -0.142. The Bertz CT molecular complexity index is 499. The van der Waals surface area contributed by atoms with Crippen molar-refractivity contribution in [1.82, 2.24) is 0 Å². The first-order chi connectivity index (χ1) is 9.60. The number of ether oxygens (including phenoxy) is 2. The molecule has 0 aliphatic rings. The Labute approximate surface area is 119 Å². The molecule has 106 valence electrons. The molecule has 0 saturated carbocycles. The monoisotopic (exact) mass is 273 g/mol. The second-order valence-electron chi connectivity index (χ2n) is 4.48. The zero-order chi connectivity index (χ0) is 15.0. The topological polar surface area (TPSA) is 59.3 Å². The van der Waals surface area contributed by atoms with E-state index >= 15 is 0 Å². The van der Waals surface area contributed by atoms with Crippen LogP contribution >= 0.6 is 0 Å². The molecule has 0 N–H and O–H groups in total. The first kappa shape index (κ1) is 15.8.